The third-order valence-corrected chi connectivity index (χ3v) is 1.92. The fourth-order valence-electron chi connectivity index (χ4n) is 0.776. The topological polar surface area (TPSA) is 0 Å². The van der Waals surface area contributed by atoms with Crippen molar-refractivity contribution in [2.45, 2.75) is 0 Å². The van der Waals surface area contributed by atoms with Crippen molar-refractivity contribution < 1.29 is 0 Å². The Labute approximate surface area is 82.1 Å². The second kappa shape index (κ2) is 5.02. The molecule has 1 aromatic carbocycles. The van der Waals surface area contributed by atoms with E-state index in [0.29, 0.717) is 5.03 Å². The molecule has 2 heteroatoms. The molecule has 1 aromatic rings. The van der Waals surface area contributed by atoms with E-state index in [1.165, 1.54) is 5.54 Å². The van der Waals surface area contributed by atoms with Crippen molar-refractivity contribution >= 4 is 29.3 Å². The minimum atomic E-state index is 0.528. The minimum Gasteiger partial charge on any atom is -0.0913 e. The number of allylic oxidation sites excluding steroid dienone is 2. The predicted octanol–water partition coefficient (Wildman–Crippen LogP) is 4.02. The van der Waals surface area contributed by atoms with Gasteiger partial charge in [0.1, 0.15) is 0 Å². The van der Waals surface area contributed by atoms with E-state index in [1.54, 1.807) is 6.08 Å². The molecule has 0 bridgehead atoms. The van der Waals surface area contributed by atoms with E-state index < -0.39 is 0 Å². The van der Waals surface area contributed by atoms with Crippen LogP contribution in [0.4, 0.5) is 0 Å². The zero-order chi connectivity index (χ0) is 8.81. The molecule has 0 fully saturated rings. The van der Waals surface area contributed by atoms with Crippen LogP contribution in [0, 0.1) is 0 Å². The van der Waals surface area contributed by atoms with Crippen LogP contribution in [0.1, 0.15) is 5.56 Å². The maximum absolute atomic E-state index is 5.66. The molecule has 0 aliphatic heterocycles. The lowest BCUT2D eigenvalue weighted by Gasteiger charge is -1.89. The van der Waals surface area contributed by atoms with Gasteiger partial charge in [0.15, 0.2) is 0 Å². The highest BCUT2D eigenvalue weighted by atomic mass is 35.5. The molecule has 0 N–H and O–H groups in total. The van der Waals surface area contributed by atoms with E-state index in [-0.39, 0.29) is 0 Å². The first-order valence-electron chi connectivity index (χ1n) is 3.52. The van der Waals surface area contributed by atoms with Gasteiger partial charge in [0.25, 0.3) is 0 Å². The quantitative estimate of drug-likeness (QED) is 0.631. The summed E-state index contributed by atoms with van der Waals surface area (Å²) in [6.45, 7) is 0. The lowest BCUT2D eigenvalue weighted by molar-refractivity contribution is 1.66. The number of hydrogen-bond donors (Lipinski definition) is 0. The summed E-state index contributed by atoms with van der Waals surface area (Å²) in [4.78, 5) is 0. The Morgan fingerprint density at radius 2 is 1.83 bits per heavy atom. The van der Waals surface area contributed by atoms with Gasteiger partial charge in [0.05, 0.1) is 5.03 Å². The van der Waals surface area contributed by atoms with Gasteiger partial charge in [-0.1, -0.05) is 59.6 Å². The number of hydrogen-bond acceptors (Lipinski definition) is 0. The second-order valence-corrected chi connectivity index (χ2v) is 2.89. The Hall–Kier alpha value is -0.720. The molecule has 0 spiro atoms. The van der Waals surface area contributed by atoms with Crippen LogP contribution in [0.15, 0.2) is 47.0 Å². The third kappa shape index (κ3) is 3.12. The molecule has 1 rings (SSSR count). The molecule has 0 amide bonds. The van der Waals surface area contributed by atoms with Gasteiger partial charge >= 0.3 is 0 Å². The van der Waals surface area contributed by atoms with E-state index in [0.717, 1.165) is 5.56 Å². The SMILES string of the molecule is Cl/C=C(Cl)\C=C\c1ccccc1. The zero-order valence-corrected chi connectivity index (χ0v) is 7.89. The first kappa shape index (κ1) is 9.37. The highest BCUT2D eigenvalue weighted by molar-refractivity contribution is 6.37. The second-order valence-electron chi connectivity index (χ2n) is 2.24. The largest absolute Gasteiger partial charge is 0.0913 e. The van der Waals surface area contributed by atoms with Gasteiger partial charge in [-0.15, -0.1) is 0 Å². The maximum atomic E-state index is 5.66. The van der Waals surface area contributed by atoms with E-state index in [4.69, 9.17) is 23.2 Å². The van der Waals surface area contributed by atoms with Crippen molar-refractivity contribution in [1.29, 1.82) is 0 Å². The van der Waals surface area contributed by atoms with Crippen LogP contribution in [-0.4, -0.2) is 0 Å². The molecule has 0 saturated heterocycles. The van der Waals surface area contributed by atoms with Gasteiger partial charge in [-0.25, -0.2) is 0 Å². The van der Waals surface area contributed by atoms with E-state index in [1.807, 2.05) is 36.4 Å². The fourth-order valence-corrected chi connectivity index (χ4v) is 0.912. The number of rotatable bonds is 2. The molecule has 0 aliphatic rings. The average molecular weight is 199 g/mol. The van der Waals surface area contributed by atoms with Crippen LogP contribution in [-0.2, 0) is 0 Å². The zero-order valence-electron chi connectivity index (χ0n) is 6.37. The Balaban J connectivity index is 2.70. The first-order valence-corrected chi connectivity index (χ1v) is 4.33. The van der Waals surface area contributed by atoms with Crippen LogP contribution >= 0.6 is 23.2 Å². The van der Waals surface area contributed by atoms with E-state index >= 15 is 0 Å². The molecule has 0 aliphatic carbocycles. The van der Waals surface area contributed by atoms with Gasteiger partial charge in [0, 0.05) is 5.54 Å². The predicted molar refractivity (Wildman–Crippen MR) is 55.3 cm³/mol. The van der Waals surface area contributed by atoms with Crippen LogP contribution in [0.25, 0.3) is 6.08 Å². The Kier molecular flexibility index (Phi) is 3.92. The van der Waals surface area contributed by atoms with Crippen molar-refractivity contribution in [3.63, 3.8) is 0 Å². The summed E-state index contributed by atoms with van der Waals surface area (Å²) in [7, 11) is 0. The molecule has 0 heterocycles. The summed E-state index contributed by atoms with van der Waals surface area (Å²) in [5.41, 5.74) is 2.44. The molecule has 0 unspecified atom stereocenters. The Bertz CT molecular complexity index is 286. The lowest BCUT2D eigenvalue weighted by atomic mass is 10.2. The summed E-state index contributed by atoms with van der Waals surface area (Å²) in [5.74, 6) is 0. The monoisotopic (exact) mass is 198 g/mol. The molecule has 62 valence electrons. The van der Waals surface area contributed by atoms with Crippen molar-refractivity contribution in [1.82, 2.24) is 0 Å². The van der Waals surface area contributed by atoms with Gasteiger partial charge in [-0.05, 0) is 11.6 Å². The third-order valence-electron chi connectivity index (χ3n) is 1.34. The summed E-state index contributed by atoms with van der Waals surface area (Å²) in [6.07, 6.45) is 3.66. The highest BCUT2D eigenvalue weighted by Crippen LogP contribution is 2.08. The highest BCUT2D eigenvalue weighted by Gasteiger charge is 1.84. The van der Waals surface area contributed by atoms with Gasteiger partial charge in [0.2, 0.25) is 0 Å². The molecule has 0 atom stereocenters. The molecule has 0 radical (unpaired) electrons. The van der Waals surface area contributed by atoms with Crippen molar-refractivity contribution in [3.8, 4) is 0 Å². The van der Waals surface area contributed by atoms with Crippen molar-refractivity contribution in [3.05, 3.63) is 52.5 Å². The molecule has 0 nitrogen and oxygen atoms in total. The smallest absolute Gasteiger partial charge is 0.0519 e. The molecule has 0 saturated carbocycles. The Morgan fingerprint density at radius 3 is 2.42 bits per heavy atom. The number of halogens is 2. The normalized spacial score (nSPS) is 12.3. The summed E-state index contributed by atoms with van der Waals surface area (Å²) < 4.78 is 0. The lowest BCUT2D eigenvalue weighted by Crippen LogP contribution is -1.67. The average Bonchev–Trinajstić information content (AvgIpc) is 2.16. The molecular formula is C10H8Cl2. The molecule has 12 heavy (non-hydrogen) atoms. The molecule has 0 aromatic heterocycles. The summed E-state index contributed by atoms with van der Waals surface area (Å²) in [5, 5.41) is 0.528. The standard InChI is InChI=1S/C10H8Cl2/c11-8-10(12)7-6-9-4-2-1-3-5-9/h1-8H/b7-6+,10-8+. The molecular weight excluding hydrogens is 191 g/mol. The van der Waals surface area contributed by atoms with Crippen molar-refractivity contribution in [2.75, 3.05) is 0 Å². The van der Waals surface area contributed by atoms with E-state index in [2.05, 4.69) is 0 Å². The maximum Gasteiger partial charge on any atom is 0.0519 e. The number of benzene rings is 1. The van der Waals surface area contributed by atoms with Crippen LogP contribution in [0.3, 0.4) is 0 Å². The first-order chi connectivity index (χ1) is 5.83. The van der Waals surface area contributed by atoms with Crippen LogP contribution < -0.4 is 0 Å². The van der Waals surface area contributed by atoms with E-state index in [9.17, 15) is 0 Å². The summed E-state index contributed by atoms with van der Waals surface area (Å²) >= 11 is 11.0. The van der Waals surface area contributed by atoms with Crippen molar-refractivity contribution in [2.24, 2.45) is 0 Å². The van der Waals surface area contributed by atoms with Crippen LogP contribution in [0.2, 0.25) is 0 Å². The van der Waals surface area contributed by atoms with Gasteiger partial charge in [-0.3, -0.25) is 0 Å². The summed E-state index contributed by atoms with van der Waals surface area (Å²) in [6, 6.07) is 9.90. The fraction of sp³-hybridized carbons (Fsp3) is 0. The van der Waals surface area contributed by atoms with Crippen LogP contribution in [0.5, 0.6) is 0 Å². The Morgan fingerprint density at radius 1 is 1.17 bits per heavy atom. The van der Waals surface area contributed by atoms with Gasteiger partial charge < -0.3 is 0 Å². The minimum absolute atomic E-state index is 0.528. The van der Waals surface area contributed by atoms with Gasteiger partial charge in [-0.2, -0.15) is 0 Å².